The normalized spacial score (nSPS) is 7.57. The summed E-state index contributed by atoms with van der Waals surface area (Å²) in [5.74, 6) is 0. The average molecular weight is 180 g/mol. The van der Waals surface area contributed by atoms with Crippen LogP contribution in [-0.2, 0) is 0 Å². The zero-order chi connectivity index (χ0) is 4.41. The van der Waals surface area contributed by atoms with E-state index in [1.807, 2.05) is 5.38 Å². The standard InChI is InChI=1S/C3H2BrNS.CH4/c4-3-5-1-2-6-3;/h1-2H;1H4. The van der Waals surface area contributed by atoms with Gasteiger partial charge in [0.15, 0.2) is 3.92 Å². The van der Waals surface area contributed by atoms with E-state index in [1.165, 1.54) is 0 Å². The molecule has 40 valence electrons. The maximum absolute atomic E-state index is 3.85. The molecule has 0 spiro atoms. The fraction of sp³-hybridized carbons (Fsp3) is 0.250. The SMILES string of the molecule is Brc1nccs1.C. The van der Waals surface area contributed by atoms with E-state index in [1.54, 1.807) is 17.5 Å². The summed E-state index contributed by atoms with van der Waals surface area (Å²) >= 11 is 4.77. The Morgan fingerprint density at radius 2 is 2.43 bits per heavy atom. The van der Waals surface area contributed by atoms with Crippen molar-refractivity contribution in [2.24, 2.45) is 0 Å². The Balaban J connectivity index is 0.000000360. The maximum atomic E-state index is 3.85. The van der Waals surface area contributed by atoms with Gasteiger partial charge in [0.1, 0.15) is 0 Å². The first-order chi connectivity index (χ1) is 2.89. The molecule has 3 heteroatoms. The summed E-state index contributed by atoms with van der Waals surface area (Å²) in [6.45, 7) is 0. The van der Waals surface area contributed by atoms with Crippen LogP contribution in [0.1, 0.15) is 7.43 Å². The lowest BCUT2D eigenvalue weighted by molar-refractivity contribution is 1.38. The van der Waals surface area contributed by atoms with Crippen LogP contribution in [0.3, 0.4) is 0 Å². The summed E-state index contributed by atoms with van der Waals surface area (Å²) in [5, 5.41) is 1.92. The van der Waals surface area contributed by atoms with Crippen molar-refractivity contribution in [3.63, 3.8) is 0 Å². The largest absolute Gasteiger partial charge is 0.238 e. The van der Waals surface area contributed by atoms with E-state index in [2.05, 4.69) is 20.9 Å². The third-order valence-electron chi connectivity index (χ3n) is 0.402. The molecule has 0 aliphatic carbocycles. The van der Waals surface area contributed by atoms with Gasteiger partial charge in [0.05, 0.1) is 0 Å². The highest BCUT2D eigenvalue weighted by molar-refractivity contribution is 9.11. The summed E-state index contributed by atoms with van der Waals surface area (Å²) in [7, 11) is 0. The second-order valence-corrected chi connectivity index (χ2v) is 2.96. The van der Waals surface area contributed by atoms with E-state index in [0.29, 0.717) is 0 Å². The minimum Gasteiger partial charge on any atom is -0.238 e. The quantitative estimate of drug-likeness (QED) is 0.597. The first-order valence-corrected chi connectivity index (χ1v) is 3.12. The molecule has 0 saturated heterocycles. The van der Waals surface area contributed by atoms with Crippen LogP contribution in [0.15, 0.2) is 15.5 Å². The molecule has 0 amide bonds. The Morgan fingerprint density at radius 1 is 1.71 bits per heavy atom. The van der Waals surface area contributed by atoms with Gasteiger partial charge in [-0.05, 0) is 15.9 Å². The molecule has 1 heterocycles. The van der Waals surface area contributed by atoms with Gasteiger partial charge in [-0.15, -0.1) is 11.3 Å². The van der Waals surface area contributed by atoms with Gasteiger partial charge in [0.2, 0.25) is 0 Å². The second kappa shape index (κ2) is 3.16. The Hall–Kier alpha value is 0.110. The molecule has 0 aliphatic rings. The van der Waals surface area contributed by atoms with E-state index < -0.39 is 0 Å². The Labute approximate surface area is 55.5 Å². The van der Waals surface area contributed by atoms with Crippen molar-refractivity contribution < 1.29 is 0 Å². The number of nitrogens with zero attached hydrogens (tertiary/aromatic N) is 1. The van der Waals surface area contributed by atoms with Gasteiger partial charge in [0.25, 0.3) is 0 Å². The predicted octanol–water partition coefficient (Wildman–Crippen LogP) is 2.54. The van der Waals surface area contributed by atoms with E-state index in [-0.39, 0.29) is 7.43 Å². The molecule has 1 aromatic rings. The first-order valence-electron chi connectivity index (χ1n) is 1.44. The van der Waals surface area contributed by atoms with Gasteiger partial charge in [-0.25, -0.2) is 4.98 Å². The van der Waals surface area contributed by atoms with Crippen LogP contribution in [0, 0.1) is 0 Å². The molecule has 0 radical (unpaired) electrons. The number of thiazole rings is 1. The smallest absolute Gasteiger partial charge is 0.159 e. The molecule has 1 aromatic heterocycles. The van der Waals surface area contributed by atoms with Crippen LogP contribution in [0.5, 0.6) is 0 Å². The van der Waals surface area contributed by atoms with E-state index in [0.717, 1.165) is 3.92 Å². The molecule has 0 saturated carbocycles. The third-order valence-corrected chi connectivity index (χ3v) is 1.73. The molecule has 0 unspecified atom stereocenters. The van der Waals surface area contributed by atoms with Gasteiger partial charge in [-0.3, -0.25) is 0 Å². The highest BCUT2D eigenvalue weighted by Gasteiger charge is 1.79. The summed E-state index contributed by atoms with van der Waals surface area (Å²) in [6, 6.07) is 0. The average Bonchev–Trinajstić information content (AvgIpc) is 1.86. The summed E-state index contributed by atoms with van der Waals surface area (Å²) < 4.78 is 0.947. The zero-order valence-electron chi connectivity index (χ0n) is 2.89. The minimum atomic E-state index is 0. The van der Waals surface area contributed by atoms with Crippen molar-refractivity contribution in [3.05, 3.63) is 15.5 Å². The number of hydrogen-bond donors (Lipinski definition) is 0. The number of hydrogen-bond acceptors (Lipinski definition) is 2. The van der Waals surface area contributed by atoms with E-state index in [4.69, 9.17) is 0 Å². The van der Waals surface area contributed by atoms with Crippen molar-refractivity contribution in [3.8, 4) is 0 Å². The highest BCUT2D eigenvalue weighted by Crippen LogP contribution is 2.10. The monoisotopic (exact) mass is 179 g/mol. The van der Waals surface area contributed by atoms with Crippen molar-refractivity contribution in [2.75, 3.05) is 0 Å². The van der Waals surface area contributed by atoms with Crippen molar-refractivity contribution in [2.45, 2.75) is 7.43 Å². The van der Waals surface area contributed by atoms with Gasteiger partial charge >= 0.3 is 0 Å². The van der Waals surface area contributed by atoms with E-state index >= 15 is 0 Å². The lowest BCUT2D eigenvalue weighted by atomic mass is 11.0. The summed E-state index contributed by atoms with van der Waals surface area (Å²) in [6.07, 6.45) is 1.76. The van der Waals surface area contributed by atoms with Crippen LogP contribution >= 0.6 is 27.3 Å². The lowest BCUT2D eigenvalue weighted by Gasteiger charge is -1.61. The molecule has 7 heavy (non-hydrogen) atoms. The summed E-state index contributed by atoms with van der Waals surface area (Å²) in [4.78, 5) is 3.85. The fourth-order valence-corrected chi connectivity index (χ4v) is 1.00. The molecule has 0 atom stereocenters. The second-order valence-electron chi connectivity index (χ2n) is 0.785. The van der Waals surface area contributed by atoms with Crippen LogP contribution in [0.4, 0.5) is 0 Å². The molecular formula is C4H6BrNS. The molecule has 0 aliphatic heterocycles. The molecule has 1 nitrogen and oxygen atoms in total. The fourth-order valence-electron chi connectivity index (χ4n) is 0.206. The van der Waals surface area contributed by atoms with Crippen molar-refractivity contribution in [1.82, 2.24) is 4.98 Å². The zero-order valence-corrected chi connectivity index (χ0v) is 5.29. The molecule has 1 rings (SSSR count). The minimum absolute atomic E-state index is 0. The van der Waals surface area contributed by atoms with Crippen LogP contribution in [0.25, 0.3) is 0 Å². The predicted molar refractivity (Wildman–Crippen MR) is 36.5 cm³/mol. The number of aromatic nitrogens is 1. The van der Waals surface area contributed by atoms with Gasteiger partial charge in [-0.1, -0.05) is 7.43 Å². The molecule has 0 fully saturated rings. The van der Waals surface area contributed by atoms with Crippen molar-refractivity contribution in [1.29, 1.82) is 0 Å². The summed E-state index contributed by atoms with van der Waals surface area (Å²) in [5.41, 5.74) is 0. The molecular weight excluding hydrogens is 174 g/mol. The van der Waals surface area contributed by atoms with Gasteiger partial charge in [0, 0.05) is 11.6 Å². The Kier molecular flexibility index (Phi) is 3.21. The maximum Gasteiger partial charge on any atom is 0.159 e. The number of rotatable bonds is 0. The van der Waals surface area contributed by atoms with Crippen molar-refractivity contribution >= 4 is 27.3 Å². The van der Waals surface area contributed by atoms with Crippen LogP contribution in [0.2, 0.25) is 0 Å². The highest BCUT2D eigenvalue weighted by atomic mass is 79.9. The Bertz CT molecular complexity index is 115. The molecule has 0 aromatic carbocycles. The van der Waals surface area contributed by atoms with Crippen LogP contribution in [-0.4, -0.2) is 4.98 Å². The molecule has 0 N–H and O–H groups in total. The third kappa shape index (κ3) is 2.04. The van der Waals surface area contributed by atoms with Gasteiger partial charge in [-0.2, -0.15) is 0 Å². The van der Waals surface area contributed by atoms with Crippen LogP contribution < -0.4 is 0 Å². The van der Waals surface area contributed by atoms with Gasteiger partial charge < -0.3 is 0 Å². The first kappa shape index (κ1) is 7.11. The van der Waals surface area contributed by atoms with E-state index in [9.17, 15) is 0 Å². The topological polar surface area (TPSA) is 12.9 Å². The Morgan fingerprint density at radius 3 is 2.57 bits per heavy atom. The number of halogens is 1. The molecule has 0 bridgehead atoms. The lowest BCUT2D eigenvalue weighted by Crippen LogP contribution is -1.47.